The summed E-state index contributed by atoms with van der Waals surface area (Å²) in [5.41, 5.74) is 14.9. The molecule has 0 spiro atoms. The summed E-state index contributed by atoms with van der Waals surface area (Å²) >= 11 is 1.90. The molecule has 0 saturated heterocycles. The second-order valence-corrected chi connectivity index (χ2v) is 14.5. The fourth-order valence-electron chi connectivity index (χ4n) is 7.72. The molecule has 0 aliphatic heterocycles. The zero-order valence-electron chi connectivity index (χ0n) is 27.3. The van der Waals surface area contributed by atoms with Crippen LogP contribution >= 0.6 is 11.3 Å². The van der Waals surface area contributed by atoms with Gasteiger partial charge in [0, 0.05) is 54.9 Å². The van der Waals surface area contributed by atoms with Gasteiger partial charge in [-0.15, -0.1) is 11.3 Å². The Morgan fingerprint density at radius 2 is 1.31 bits per heavy atom. The number of hydrogen-bond acceptors (Lipinski definition) is 3. The molecule has 3 heteroatoms. The Kier molecular flexibility index (Phi) is 6.67. The normalized spacial score (nSPS) is 13.1. The van der Waals surface area contributed by atoms with Crippen molar-refractivity contribution in [3.63, 3.8) is 0 Å². The molecule has 2 heterocycles. The molecular weight excluding hydrogens is 601 g/mol. The van der Waals surface area contributed by atoms with E-state index in [9.17, 15) is 0 Å². The molecule has 8 aromatic rings. The Morgan fingerprint density at radius 1 is 0.604 bits per heavy atom. The van der Waals surface area contributed by atoms with E-state index in [0.29, 0.717) is 0 Å². The summed E-state index contributed by atoms with van der Waals surface area (Å²) < 4.78 is 2.65. The molecular formula is C45H34N2S. The summed E-state index contributed by atoms with van der Waals surface area (Å²) in [6.07, 6.45) is 2.78. The molecule has 0 radical (unpaired) electrons. The first-order valence-electron chi connectivity index (χ1n) is 16.6. The maximum Gasteiger partial charge on any atom is 0.159 e. The molecule has 2 nitrogen and oxygen atoms in total. The Bertz CT molecular complexity index is 2510. The molecule has 0 N–H and O–H groups in total. The Labute approximate surface area is 285 Å². The number of aromatic nitrogens is 2. The number of rotatable bonds is 5. The highest BCUT2D eigenvalue weighted by atomic mass is 32.1. The Balaban J connectivity index is 1.28. The van der Waals surface area contributed by atoms with Crippen LogP contribution in [0, 0.1) is 6.92 Å². The van der Waals surface area contributed by atoms with E-state index >= 15 is 0 Å². The fourth-order valence-corrected chi connectivity index (χ4v) is 8.97. The highest BCUT2D eigenvalue weighted by Gasteiger charge is 2.36. The van der Waals surface area contributed by atoms with Gasteiger partial charge >= 0.3 is 0 Å². The molecule has 9 rings (SSSR count). The minimum atomic E-state index is -0.0318. The van der Waals surface area contributed by atoms with Crippen LogP contribution in [0.3, 0.4) is 0 Å². The molecule has 0 amide bonds. The van der Waals surface area contributed by atoms with Gasteiger partial charge in [0.15, 0.2) is 5.82 Å². The summed E-state index contributed by atoms with van der Waals surface area (Å²) in [4.78, 5) is 10.2. The van der Waals surface area contributed by atoms with Crippen LogP contribution in [-0.4, -0.2) is 9.97 Å². The van der Waals surface area contributed by atoms with Crippen LogP contribution in [0.25, 0.3) is 65.1 Å². The van der Waals surface area contributed by atoms with E-state index in [1.165, 1.54) is 64.7 Å². The third-order valence-corrected chi connectivity index (χ3v) is 11.4. The lowest BCUT2D eigenvalue weighted by Crippen LogP contribution is -2.15. The SMILES string of the molecule is Cc1cc2c(cc1-c1ccc3c(sc4ccccc43)c1Cc1cnc(-c3ccccc3)nc1-c1ccccc1)-c1ccccc1C2(C)C. The fraction of sp³-hybridized carbons (Fsp3) is 0.111. The van der Waals surface area contributed by atoms with Gasteiger partial charge in [-0.3, -0.25) is 0 Å². The molecule has 0 fully saturated rings. The van der Waals surface area contributed by atoms with Crippen molar-refractivity contribution in [2.24, 2.45) is 0 Å². The van der Waals surface area contributed by atoms with Crippen molar-refractivity contribution in [1.82, 2.24) is 9.97 Å². The second kappa shape index (κ2) is 11.1. The van der Waals surface area contributed by atoms with Gasteiger partial charge < -0.3 is 0 Å². The maximum absolute atomic E-state index is 5.23. The molecule has 0 bridgehead atoms. The van der Waals surface area contributed by atoms with Gasteiger partial charge in [-0.2, -0.15) is 0 Å². The average Bonchev–Trinajstić information content (AvgIpc) is 3.61. The van der Waals surface area contributed by atoms with E-state index in [1.54, 1.807) is 0 Å². The van der Waals surface area contributed by atoms with Crippen molar-refractivity contribution in [1.29, 1.82) is 0 Å². The van der Waals surface area contributed by atoms with Crippen LogP contribution < -0.4 is 0 Å². The number of hydrogen-bond donors (Lipinski definition) is 0. The monoisotopic (exact) mass is 634 g/mol. The Morgan fingerprint density at radius 3 is 2.12 bits per heavy atom. The lowest BCUT2D eigenvalue weighted by molar-refractivity contribution is 0.660. The quantitative estimate of drug-likeness (QED) is 0.188. The van der Waals surface area contributed by atoms with Gasteiger partial charge in [-0.25, -0.2) is 9.97 Å². The zero-order chi connectivity index (χ0) is 32.4. The Hall–Kier alpha value is -5.38. The summed E-state index contributed by atoms with van der Waals surface area (Å²) in [7, 11) is 0. The number of aryl methyl sites for hydroxylation is 1. The standard InChI is InChI=1S/C45H34N2S/c1-28-24-40-37(33-18-10-12-20-39(33)45(40,2)3)26-36(28)32-22-23-35-34-19-11-13-21-41(34)48-43(35)38(32)25-31-27-46-44(30-16-8-5-9-17-30)47-42(31)29-14-6-4-7-15-29/h4-24,26-27H,25H2,1-3H3. The highest BCUT2D eigenvalue weighted by molar-refractivity contribution is 7.26. The van der Waals surface area contributed by atoms with Crippen LogP contribution in [0.4, 0.5) is 0 Å². The van der Waals surface area contributed by atoms with E-state index < -0.39 is 0 Å². The van der Waals surface area contributed by atoms with Crippen LogP contribution in [0.1, 0.15) is 41.7 Å². The molecule has 230 valence electrons. The van der Waals surface area contributed by atoms with Gasteiger partial charge in [0.2, 0.25) is 0 Å². The van der Waals surface area contributed by atoms with Gasteiger partial charge in [0.25, 0.3) is 0 Å². The van der Waals surface area contributed by atoms with Crippen molar-refractivity contribution in [3.05, 3.63) is 167 Å². The predicted molar refractivity (Wildman–Crippen MR) is 203 cm³/mol. The lowest BCUT2D eigenvalue weighted by Gasteiger charge is -2.23. The van der Waals surface area contributed by atoms with Crippen molar-refractivity contribution in [3.8, 4) is 44.9 Å². The van der Waals surface area contributed by atoms with Gasteiger partial charge in [0.1, 0.15) is 0 Å². The van der Waals surface area contributed by atoms with E-state index in [4.69, 9.17) is 9.97 Å². The number of nitrogens with zero attached hydrogens (tertiary/aromatic N) is 2. The van der Waals surface area contributed by atoms with E-state index in [2.05, 4.69) is 142 Å². The number of thiophene rings is 1. The summed E-state index contributed by atoms with van der Waals surface area (Å²) in [5, 5.41) is 2.62. The highest BCUT2D eigenvalue weighted by Crippen LogP contribution is 2.51. The molecule has 2 aromatic heterocycles. The van der Waals surface area contributed by atoms with Crippen molar-refractivity contribution in [2.75, 3.05) is 0 Å². The average molecular weight is 635 g/mol. The van der Waals surface area contributed by atoms with Crippen molar-refractivity contribution >= 4 is 31.5 Å². The first kappa shape index (κ1) is 28.8. The number of benzene rings is 6. The third-order valence-electron chi connectivity index (χ3n) is 10.2. The molecule has 48 heavy (non-hydrogen) atoms. The lowest BCUT2D eigenvalue weighted by atomic mass is 9.81. The summed E-state index contributed by atoms with van der Waals surface area (Å²) in [5.74, 6) is 0.745. The van der Waals surface area contributed by atoms with E-state index in [-0.39, 0.29) is 5.41 Å². The van der Waals surface area contributed by atoms with Crippen molar-refractivity contribution < 1.29 is 0 Å². The number of fused-ring (bicyclic) bond motifs is 6. The van der Waals surface area contributed by atoms with Gasteiger partial charge in [-0.1, -0.05) is 135 Å². The molecule has 6 aromatic carbocycles. The third kappa shape index (κ3) is 4.53. The van der Waals surface area contributed by atoms with Crippen LogP contribution in [-0.2, 0) is 11.8 Å². The second-order valence-electron chi connectivity index (χ2n) is 13.4. The van der Waals surface area contributed by atoms with Crippen LogP contribution in [0.5, 0.6) is 0 Å². The maximum atomic E-state index is 5.23. The molecule has 1 aliphatic carbocycles. The van der Waals surface area contributed by atoms with Crippen LogP contribution in [0.15, 0.2) is 140 Å². The molecule has 1 aliphatic rings. The summed E-state index contributed by atoms with van der Waals surface area (Å²) in [6.45, 7) is 6.99. The predicted octanol–water partition coefficient (Wildman–Crippen LogP) is 12.1. The minimum absolute atomic E-state index is 0.0318. The smallest absolute Gasteiger partial charge is 0.159 e. The van der Waals surface area contributed by atoms with Crippen LogP contribution in [0.2, 0.25) is 0 Å². The molecule has 0 atom stereocenters. The first-order chi connectivity index (χ1) is 23.5. The molecule has 0 saturated carbocycles. The van der Waals surface area contributed by atoms with Gasteiger partial charge in [-0.05, 0) is 63.6 Å². The van der Waals surface area contributed by atoms with E-state index in [1.807, 2.05) is 29.5 Å². The summed E-state index contributed by atoms with van der Waals surface area (Å²) in [6, 6.07) is 48.2. The topological polar surface area (TPSA) is 25.8 Å². The van der Waals surface area contributed by atoms with Gasteiger partial charge in [0.05, 0.1) is 5.69 Å². The first-order valence-corrected chi connectivity index (χ1v) is 17.4. The zero-order valence-corrected chi connectivity index (χ0v) is 28.1. The van der Waals surface area contributed by atoms with E-state index in [0.717, 1.165) is 34.6 Å². The molecule has 0 unspecified atom stereocenters. The minimum Gasteiger partial charge on any atom is -0.236 e. The van der Waals surface area contributed by atoms with Crippen molar-refractivity contribution in [2.45, 2.75) is 32.6 Å². The largest absolute Gasteiger partial charge is 0.236 e.